The molecule has 1 fully saturated rings. The third-order valence-electron chi connectivity index (χ3n) is 6.00. The fourth-order valence-corrected chi connectivity index (χ4v) is 3.89. The van der Waals surface area contributed by atoms with Crippen LogP contribution in [0.1, 0.15) is 32.3 Å². The summed E-state index contributed by atoms with van der Waals surface area (Å²) in [5, 5.41) is 2.17. The van der Waals surface area contributed by atoms with E-state index in [-0.39, 0.29) is 17.0 Å². The maximum atomic E-state index is 13.4. The van der Waals surface area contributed by atoms with Gasteiger partial charge in [0.15, 0.2) is 0 Å². The third kappa shape index (κ3) is 6.07. The number of rotatable bonds is 9. The Morgan fingerprint density at radius 2 is 1.57 bits per heavy atom. The second-order valence-corrected chi connectivity index (χ2v) is 8.91. The topological polar surface area (TPSA) is 131 Å². The molecule has 10 nitrogen and oxygen atoms in total. The molecule has 10 heteroatoms. The van der Waals surface area contributed by atoms with Crippen molar-refractivity contribution in [3.05, 3.63) is 116 Å². The molecular formula is C30H28N4O6. The Balaban J connectivity index is 1.67. The van der Waals surface area contributed by atoms with Crippen molar-refractivity contribution in [1.82, 2.24) is 14.9 Å². The Morgan fingerprint density at radius 1 is 0.925 bits per heavy atom. The molecule has 204 valence electrons. The first kappa shape index (κ1) is 27.8. The number of allylic oxidation sites excluding steroid dienone is 4. The van der Waals surface area contributed by atoms with E-state index in [1.807, 2.05) is 6.92 Å². The number of barbiturate groups is 1. The molecule has 0 aliphatic carbocycles. The number of H-pyrrole nitrogens is 1. The van der Waals surface area contributed by atoms with Crippen molar-refractivity contribution in [2.75, 3.05) is 11.5 Å². The lowest BCUT2D eigenvalue weighted by atomic mass is 10.1. The van der Waals surface area contributed by atoms with Crippen LogP contribution in [0.15, 0.2) is 99.6 Å². The predicted octanol–water partition coefficient (Wildman–Crippen LogP) is 3.87. The van der Waals surface area contributed by atoms with Gasteiger partial charge in [-0.25, -0.2) is 19.1 Å². The van der Waals surface area contributed by atoms with E-state index >= 15 is 0 Å². The number of hydrogen-bond donors (Lipinski definition) is 2. The van der Waals surface area contributed by atoms with E-state index < -0.39 is 29.1 Å². The standard InChI is InChI=1S/C30H28N4O6/c1-3-4-19-40-26-24(28(37)34(30(39)32-26)22-13-9-6-10-14-22)18-16-20(2)15-17-23-25(35)31-29(38)33(27(23)36)21-11-7-5-8-12-21/h5-18H,3-4,19H2,1-2H3,(H,32,39)(H,31,35,38)/b18-16?,20-15?,23-17+. The molecule has 40 heavy (non-hydrogen) atoms. The van der Waals surface area contributed by atoms with Crippen LogP contribution in [0.2, 0.25) is 0 Å². The molecular weight excluding hydrogens is 512 g/mol. The molecule has 2 heterocycles. The normalized spacial score (nSPS) is 15.2. The van der Waals surface area contributed by atoms with E-state index in [0.717, 1.165) is 22.3 Å². The SMILES string of the molecule is CCCCOc1[nH]c(=O)n(-c2ccccc2)c(=O)c1C=CC(C)=C/C=C1\C(=O)NC(=O)N(c2ccccc2)C1=O. The average Bonchev–Trinajstić information content (AvgIpc) is 2.93. The number of amides is 4. The smallest absolute Gasteiger partial charge is 0.335 e. The summed E-state index contributed by atoms with van der Waals surface area (Å²) < 4.78 is 6.74. The maximum absolute atomic E-state index is 13.4. The van der Waals surface area contributed by atoms with Crippen molar-refractivity contribution >= 4 is 29.6 Å². The second-order valence-electron chi connectivity index (χ2n) is 8.91. The van der Waals surface area contributed by atoms with Crippen molar-refractivity contribution in [2.45, 2.75) is 26.7 Å². The highest BCUT2D eigenvalue weighted by atomic mass is 16.5. The van der Waals surface area contributed by atoms with E-state index in [1.54, 1.807) is 73.7 Å². The number of carbonyl (C=O) groups excluding carboxylic acids is 3. The van der Waals surface area contributed by atoms with Gasteiger partial charge in [0.1, 0.15) is 11.1 Å². The number of aromatic nitrogens is 2. The Hall–Kier alpha value is -5.25. The van der Waals surface area contributed by atoms with E-state index in [0.29, 0.717) is 23.6 Å². The summed E-state index contributed by atoms with van der Waals surface area (Å²) >= 11 is 0. The first-order chi connectivity index (χ1) is 19.3. The Labute approximate surface area is 229 Å². The van der Waals surface area contributed by atoms with Crippen LogP contribution in [-0.4, -0.2) is 34.0 Å². The molecule has 0 unspecified atom stereocenters. The number of nitrogens with one attached hydrogen (secondary N) is 2. The molecule has 0 bridgehead atoms. The highest BCUT2D eigenvalue weighted by Gasteiger charge is 2.36. The summed E-state index contributed by atoms with van der Waals surface area (Å²) in [6.07, 6.45) is 7.53. The molecule has 1 aromatic heterocycles. The fraction of sp³-hybridized carbons (Fsp3) is 0.167. The van der Waals surface area contributed by atoms with Crippen molar-refractivity contribution in [2.24, 2.45) is 0 Å². The molecule has 2 aromatic carbocycles. The molecule has 0 radical (unpaired) electrons. The van der Waals surface area contributed by atoms with Crippen molar-refractivity contribution in [3.63, 3.8) is 0 Å². The summed E-state index contributed by atoms with van der Waals surface area (Å²) in [5.41, 5.74) is 0.0151. The quantitative estimate of drug-likeness (QED) is 0.183. The minimum atomic E-state index is -0.831. The van der Waals surface area contributed by atoms with Crippen molar-refractivity contribution in [3.8, 4) is 11.6 Å². The van der Waals surface area contributed by atoms with E-state index in [9.17, 15) is 24.0 Å². The minimum absolute atomic E-state index is 0.0527. The van der Waals surface area contributed by atoms with Gasteiger partial charge in [0.2, 0.25) is 5.88 Å². The molecule has 2 N–H and O–H groups in total. The molecule has 0 spiro atoms. The van der Waals surface area contributed by atoms with Crippen molar-refractivity contribution in [1.29, 1.82) is 0 Å². The molecule has 4 rings (SSSR count). The van der Waals surface area contributed by atoms with Crippen LogP contribution in [0.25, 0.3) is 11.8 Å². The summed E-state index contributed by atoms with van der Waals surface area (Å²) in [4.78, 5) is 67.4. The third-order valence-corrected chi connectivity index (χ3v) is 6.00. The molecule has 4 amide bonds. The van der Waals surface area contributed by atoms with E-state index in [1.165, 1.54) is 18.2 Å². The minimum Gasteiger partial charge on any atom is -0.478 e. The fourth-order valence-electron chi connectivity index (χ4n) is 3.89. The average molecular weight is 541 g/mol. The van der Waals surface area contributed by atoms with Crippen LogP contribution in [0.3, 0.4) is 0 Å². The van der Waals surface area contributed by atoms with Gasteiger partial charge in [0.05, 0.1) is 18.0 Å². The Bertz CT molecular complexity index is 1630. The van der Waals surface area contributed by atoms with Crippen LogP contribution in [-0.2, 0) is 9.59 Å². The van der Waals surface area contributed by atoms with Crippen LogP contribution < -0.4 is 26.2 Å². The summed E-state index contributed by atoms with van der Waals surface area (Å²) in [6.45, 7) is 4.02. The van der Waals surface area contributed by atoms with E-state index in [4.69, 9.17) is 4.74 Å². The second kappa shape index (κ2) is 12.5. The lowest BCUT2D eigenvalue weighted by Crippen LogP contribution is -2.54. The van der Waals surface area contributed by atoms with Crippen LogP contribution in [0.4, 0.5) is 10.5 Å². The van der Waals surface area contributed by atoms with Crippen molar-refractivity contribution < 1.29 is 19.1 Å². The van der Waals surface area contributed by atoms with Gasteiger partial charge in [0.25, 0.3) is 17.4 Å². The first-order valence-electron chi connectivity index (χ1n) is 12.7. The molecule has 3 aromatic rings. The number of ether oxygens (including phenoxy) is 1. The molecule has 0 atom stereocenters. The number of nitrogens with zero attached hydrogens (tertiary/aromatic N) is 2. The zero-order valence-corrected chi connectivity index (χ0v) is 22.0. The van der Waals surface area contributed by atoms with Crippen LogP contribution in [0, 0.1) is 0 Å². The Kier molecular flexibility index (Phi) is 8.70. The van der Waals surface area contributed by atoms with Gasteiger partial charge >= 0.3 is 11.7 Å². The lowest BCUT2D eigenvalue weighted by Gasteiger charge is -2.26. The van der Waals surface area contributed by atoms with E-state index in [2.05, 4.69) is 10.3 Å². The molecule has 1 aliphatic rings. The van der Waals surface area contributed by atoms with Gasteiger partial charge < -0.3 is 4.74 Å². The summed E-state index contributed by atoms with van der Waals surface area (Å²) in [7, 11) is 0. The monoisotopic (exact) mass is 540 g/mol. The van der Waals surface area contributed by atoms with Gasteiger partial charge in [-0.05, 0) is 49.8 Å². The summed E-state index contributed by atoms with van der Waals surface area (Å²) in [5.74, 6) is -1.52. The van der Waals surface area contributed by atoms with Crippen LogP contribution >= 0.6 is 0 Å². The van der Waals surface area contributed by atoms with Gasteiger partial charge in [-0.3, -0.25) is 24.7 Å². The number of para-hydroxylation sites is 2. The zero-order valence-electron chi connectivity index (χ0n) is 22.0. The number of urea groups is 1. The van der Waals surface area contributed by atoms with Gasteiger partial charge in [-0.1, -0.05) is 67.5 Å². The highest BCUT2D eigenvalue weighted by molar-refractivity contribution is 6.37. The number of anilines is 1. The number of aromatic amines is 1. The number of hydrogen-bond acceptors (Lipinski definition) is 6. The number of imide groups is 2. The van der Waals surface area contributed by atoms with Crippen LogP contribution in [0.5, 0.6) is 5.88 Å². The lowest BCUT2D eigenvalue weighted by molar-refractivity contribution is -0.122. The summed E-state index contributed by atoms with van der Waals surface area (Å²) in [6, 6.07) is 15.9. The Morgan fingerprint density at radius 3 is 2.23 bits per heavy atom. The molecule has 1 saturated heterocycles. The number of carbonyl (C=O) groups is 3. The highest BCUT2D eigenvalue weighted by Crippen LogP contribution is 2.20. The number of benzene rings is 2. The zero-order chi connectivity index (χ0) is 28.6. The van der Waals surface area contributed by atoms with Gasteiger partial charge in [-0.2, -0.15) is 0 Å². The maximum Gasteiger partial charge on any atom is 0.335 e. The largest absolute Gasteiger partial charge is 0.478 e. The molecule has 0 saturated carbocycles. The number of unbranched alkanes of at least 4 members (excludes halogenated alkanes) is 1. The van der Waals surface area contributed by atoms with Gasteiger partial charge in [-0.15, -0.1) is 0 Å². The predicted molar refractivity (Wildman–Crippen MR) is 151 cm³/mol. The van der Waals surface area contributed by atoms with Gasteiger partial charge in [0, 0.05) is 0 Å². The first-order valence-corrected chi connectivity index (χ1v) is 12.7. The molecule has 1 aliphatic heterocycles.